The van der Waals surface area contributed by atoms with Crippen molar-refractivity contribution >= 4 is 5.91 Å². The highest BCUT2D eigenvalue weighted by Crippen LogP contribution is 2.22. The Kier molecular flexibility index (Phi) is 5.42. The third-order valence-corrected chi connectivity index (χ3v) is 2.17. The Hall–Kier alpha value is -1.62. The Morgan fingerprint density at radius 1 is 1.53 bits per heavy atom. The second-order valence-corrected chi connectivity index (χ2v) is 3.45. The molecule has 0 fully saturated rings. The summed E-state index contributed by atoms with van der Waals surface area (Å²) < 4.78 is 18.6. The molecule has 0 atom stereocenters. The first-order valence-corrected chi connectivity index (χ1v) is 5.60. The van der Waals surface area contributed by atoms with Crippen molar-refractivity contribution in [2.45, 2.75) is 13.3 Å². The van der Waals surface area contributed by atoms with E-state index in [1.165, 1.54) is 18.2 Å². The number of ether oxygens (including phenoxy) is 1. The molecule has 5 heteroatoms. The minimum atomic E-state index is -0.529. The summed E-state index contributed by atoms with van der Waals surface area (Å²) in [5, 5.41) is 2.66. The first-order chi connectivity index (χ1) is 8.20. The maximum absolute atomic E-state index is 13.5. The molecule has 0 unspecified atom stereocenters. The summed E-state index contributed by atoms with van der Waals surface area (Å²) in [6.45, 7) is 3.02. The van der Waals surface area contributed by atoms with Gasteiger partial charge >= 0.3 is 0 Å². The van der Waals surface area contributed by atoms with E-state index in [-0.39, 0.29) is 17.2 Å². The van der Waals surface area contributed by atoms with E-state index in [9.17, 15) is 9.18 Å². The number of nitrogens with one attached hydrogen (secondary N) is 1. The standard InChI is InChI=1S/C12H17FN2O2/c1-2-17-11-9(5-3-6-10(11)13)12(16)15-8-4-7-14/h3,5-6H,2,4,7-8,14H2,1H3,(H,15,16). The van der Waals surface area contributed by atoms with E-state index < -0.39 is 5.82 Å². The summed E-state index contributed by atoms with van der Waals surface area (Å²) in [5.41, 5.74) is 5.53. The molecule has 0 spiro atoms. The van der Waals surface area contributed by atoms with E-state index >= 15 is 0 Å². The van der Waals surface area contributed by atoms with E-state index in [4.69, 9.17) is 10.5 Å². The molecule has 94 valence electrons. The maximum atomic E-state index is 13.5. The van der Waals surface area contributed by atoms with E-state index in [1.54, 1.807) is 6.92 Å². The van der Waals surface area contributed by atoms with Crippen LogP contribution in [0.2, 0.25) is 0 Å². The van der Waals surface area contributed by atoms with Crippen molar-refractivity contribution < 1.29 is 13.9 Å². The van der Waals surface area contributed by atoms with Crippen molar-refractivity contribution in [3.63, 3.8) is 0 Å². The molecule has 0 saturated carbocycles. The van der Waals surface area contributed by atoms with Crippen LogP contribution in [0.25, 0.3) is 0 Å². The van der Waals surface area contributed by atoms with Gasteiger partial charge in [-0.15, -0.1) is 0 Å². The highest BCUT2D eigenvalue weighted by molar-refractivity contribution is 5.96. The molecule has 4 nitrogen and oxygen atoms in total. The first kappa shape index (κ1) is 13.4. The minimum Gasteiger partial charge on any atom is -0.490 e. The van der Waals surface area contributed by atoms with Gasteiger partial charge in [-0.05, 0) is 32.0 Å². The highest BCUT2D eigenvalue weighted by atomic mass is 19.1. The van der Waals surface area contributed by atoms with Crippen molar-refractivity contribution in [3.8, 4) is 5.75 Å². The summed E-state index contributed by atoms with van der Waals surface area (Å²) in [6.07, 6.45) is 0.686. The number of carbonyl (C=O) groups is 1. The van der Waals surface area contributed by atoms with Gasteiger partial charge in [0.05, 0.1) is 12.2 Å². The Bertz CT molecular complexity index is 383. The molecular weight excluding hydrogens is 223 g/mol. The van der Waals surface area contributed by atoms with Crippen molar-refractivity contribution in [1.82, 2.24) is 5.32 Å². The predicted molar refractivity (Wildman–Crippen MR) is 63.6 cm³/mol. The molecule has 1 rings (SSSR count). The molecule has 0 aliphatic carbocycles. The molecule has 0 bridgehead atoms. The van der Waals surface area contributed by atoms with Crippen LogP contribution in [0.5, 0.6) is 5.75 Å². The van der Waals surface area contributed by atoms with Gasteiger partial charge in [0.25, 0.3) is 5.91 Å². The quantitative estimate of drug-likeness (QED) is 0.737. The van der Waals surface area contributed by atoms with Gasteiger partial charge in [0, 0.05) is 6.54 Å². The molecular formula is C12H17FN2O2. The van der Waals surface area contributed by atoms with Gasteiger partial charge in [-0.2, -0.15) is 0 Å². The lowest BCUT2D eigenvalue weighted by molar-refractivity contribution is 0.0948. The average molecular weight is 240 g/mol. The van der Waals surface area contributed by atoms with Crippen molar-refractivity contribution in [1.29, 1.82) is 0 Å². The van der Waals surface area contributed by atoms with Crippen LogP contribution in [-0.4, -0.2) is 25.6 Å². The number of nitrogens with two attached hydrogens (primary N) is 1. The summed E-state index contributed by atoms with van der Waals surface area (Å²) in [5.74, 6) is -0.875. The predicted octanol–water partition coefficient (Wildman–Crippen LogP) is 1.30. The van der Waals surface area contributed by atoms with Crippen LogP contribution in [0.3, 0.4) is 0 Å². The zero-order valence-corrected chi connectivity index (χ0v) is 9.83. The number of rotatable bonds is 6. The van der Waals surface area contributed by atoms with Crippen LogP contribution >= 0.6 is 0 Å². The molecule has 0 aromatic heterocycles. The number of hydrogen-bond acceptors (Lipinski definition) is 3. The number of amides is 1. The largest absolute Gasteiger partial charge is 0.490 e. The summed E-state index contributed by atoms with van der Waals surface area (Å²) in [4.78, 5) is 11.8. The summed E-state index contributed by atoms with van der Waals surface area (Å²) in [6, 6.07) is 4.28. The van der Waals surface area contributed by atoms with Gasteiger partial charge in [-0.1, -0.05) is 6.07 Å². The normalized spacial score (nSPS) is 10.1. The molecule has 1 aromatic carbocycles. The molecule has 0 aliphatic heterocycles. The Morgan fingerprint density at radius 2 is 2.29 bits per heavy atom. The van der Waals surface area contributed by atoms with Crippen LogP contribution in [0.4, 0.5) is 4.39 Å². The fourth-order valence-electron chi connectivity index (χ4n) is 1.38. The summed E-state index contributed by atoms with van der Waals surface area (Å²) >= 11 is 0. The Balaban J connectivity index is 2.81. The third-order valence-electron chi connectivity index (χ3n) is 2.17. The molecule has 1 aromatic rings. The Labute approximate surface area is 100.0 Å². The van der Waals surface area contributed by atoms with Crippen LogP contribution < -0.4 is 15.8 Å². The molecule has 17 heavy (non-hydrogen) atoms. The zero-order chi connectivity index (χ0) is 12.7. The van der Waals surface area contributed by atoms with Crippen molar-refractivity contribution in [2.75, 3.05) is 19.7 Å². The number of hydrogen-bond donors (Lipinski definition) is 2. The average Bonchev–Trinajstić information content (AvgIpc) is 2.32. The van der Waals surface area contributed by atoms with E-state index in [0.717, 1.165) is 0 Å². The molecule has 1 amide bonds. The number of halogens is 1. The van der Waals surface area contributed by atoms with Crippen LogP contribution in [0.15, 0.2) is 18.2 Å². The molecule has 3 N–H and O–H groups in total. The third kappa shape index (κ3) is 3.71. The molecule has 0 saturated heterocycles. The zero-order valence-electron chi connectivity index (χ0n) is 9.83. The summed E-state index contributed by atoms with van der Waals surface area (Å²) in [7, 11) is 0. The molecule has 0 aliphatic rings. The van der Waals surface area contributed by atoms with Gasteiger partial charge in [-0.3, -0.25) is 4.79 Å². The number of para-hydroxylation sites is 1. The van der Waals surface area contributed by atoms with E-state index in [2.05, 4.69) is 5.32 Å². The lowest BCUT2D eigenvalue weighted by atomic mass is 10.1. The lowest BCUT2D eigenvalue weighted by Gasteiger charge is -2.11. The number of carbonyl (C=O) groups excluding carboxylic acids is 1. The highest BCUT2D eigenvalue weighted by Gasteiger charge is 2.15. The lowest BCUT2D eigenvalue weighted by Crippen LogP contribution is -2.26. The van der Waals surface area contributed by atoms with Gasteiger partial charge in [0.1, 0.15) is 0 Å². The molecule has 0 heterocycles. The van der Waals surface area contributed by atoms with E-state index in [1.807, 2.05) is 0 Å². The fourth-order valence-corrected chi connectivity index (χ4v) is 1.38. The monoisotopic (exact) mass is 240 g/mol. The van der Waals surface area contributed by atoms with Crippen LogP contribution in [0, 0.1) is 5.82 Å². The van der Waals surface area contributed by atoms with E-state index in [0.29, 0.717) is 26.1 Å². The van der Waals surface area contributed by atoms with Crippen molar-refractivity contribution in [3.05, 3.63) is 29.6 Å². The fraction of sp³-hybridized carbons (Fsp3) is 0.417. The second kappa shape index (κ2) is 6.85. The van der Waals surface area contributed by atoms with Gasteiger partial charge < -0.3 is 15.8 Å². The first-order valence-electron chi connectivity index (χ1n) is 5.60. The maximum Gasteiger partial charge on any atom is 0.255 e. The van der Waals surface area contributed by atoms with Crippen LogP contribution in [0.1, 0.15) is 23.7 Å². The number of benzene rings is 1. The van der Waals surface area contributed by atoms with Crippen LogP contribution in [-0.2, 0) is 0 Å². The minimum absolute atomic E-state index is 0.000230. The Morgan fingerprint density at radius 3 is 2.94 bits per heavy atom. The van der Waals surface area contributed by atoms with Gasteiger partial charge in [0.15, 0.2) is 11.6 Å². The second-order valence-electron chi connectivity index (χ2n) is 3.45. The smallest absolute Gasteiger partial charge is 0.255 e. The van der Waals surface area contributed by atoms with Gasteiger partial charge in [-0.25, -0.2) is 4.39 Å². The van der Waals surface area contributed by atoms with Crippen molar-refractivity contribution in [2.24, 2.45) is 5.73 Å². The topological polar surface area (TPSA) is 64.3 Å². The SMILES string of the molecule is CCOc1c(F)cccc1C(=O)NCCCN. The van der Waals surface area contributed by atoms with Gasteiger partial charge in [0.2, 0.25) is 0 Å². The molecule has 0 radical (unpaired) electrons.